The summed E-state index contributed by atoms with van der Waals surface area (Å²) in [5.74, 6) is 0.779. The number of benzene rings is 3. The molecule has 0 aliphatic carbocycles. The minimum absolute atomic E-state index is 0.452. The van der Waals surface area contributed by atoms with Crippen LogP contribution in [0.3, 0.4) is 0 Å². The molecule has 1 N–H and O–H groups in total. The Labute approximate surface area is 178 Å². The maximum absolute atomic E-state index is 6.20. The van der Waals surface area contributed by atoms with E-state index in [0.29, 0.717) is 6.61 Å². The van der Waals surface area contributed by atoms with E-state index in [0.717, 1.165) is 43.6 Å². The van der Waals surface area contributed by atoms with Crippen LogP contribution in [0.4, 0.5) is 10.8 Å². The molecule has 0 aliphatic rings. The van der Waals surface area contributed by atoms with E-state index in [2.05, 4.69) is 26.6 Å². The van der Waals surface area contributed by atoms with Crippen LogP contribution in [0.5, 0.6) is 5.75 Å². The van der Waals surface area contributed by atoms with Gasteiger partial charge < -0.3 is 10.1 Å². The van der Waals surface area contributed by atoms with Gasteiger partial charge in [-0.2, -0.15) is 0 Å². The monoisotopic (exact) mass is 410 g/mol. The Morgan fingerprint density at radius 2 is 1.60 bits per heavy atom. The van der Waals surface area contributed by atoms with Gasteiger partial charge in [-0.3, -0.25) is 4.98 Å². The summed E-state index contributed by atoms with van der Waals surface area (Å²) in [4.78, 5) is 4.42. The molecule has 2 heterocycles. The van der Waals surface area contributed by atoms with Crippen molar-refractivity contribution in [3.8, 4) is 16.3 Å². The summed E-state index contributed by atoms with van der Waals surface area (Å²) in [5, 5.41) is 14.6. The number of hydrogen-bond acceptors (Lipinski definition) is 6. The van der Waals surface area contributed by atoms with Crippen LogP contribution in [-0.2, 0) is 6.61 Å². The molecule has 0 saturated heterocycles. The molecule has 0 atom stereocenters. The Hall–Kier alpha value is -3.77. The average Bonchev–Trinajstić information content (AvgIpc) is 3.27. The van der Waals surface area contributed by atoms with Gasteiger partial charge in [0.05, 0.1) is 11.1 Å². The smallest absolute Gasteiger partial charge is 0.210 e. The molecule has 0 radical (unpaired) electrons. The molecule has 5 aromatic rings. The lowest BCUT2D eigenvalue weighted by atomic mass is 10.1. The third-order valence-electron chi connectivity index (χ3n) is 4.69. The highest BCUT2D eigenvalue weighted by molar-refractivity contribution is 7.18. The van der Waals surface area contributed by atoms with Gasteiger partial charge in [0.1, 0.15) is 12.4 Å². The second-order valence-corrected chi connectivity index (χ2v) is 7.65. The lowest BCUT2D eigenvalue weighted by molar-refractivity contribution is 0.309. The summed E-state index contributed by atoms with van der Waals surface area (Å²) < 4.78 is 6.20. The molecule has 0 amide bonds. The van der Waals surface area contributed by atoms with E-state index in [1.54, 1.807) is 0 Å². The molecule has 5 rings (SSSR count). The van der Waals surface area contributed by atoms with Crippen molar-refractivity contribution >= 4 is 33.1 Å². The van der Waals surface area contributed by atoms with Crippen LogP contribution in [0.15, 0.2) is 91.1 Å². The summed E-state index contributed by atoms with van der Waals surface area (Å²) >= 11 is 1.50. The quantitative estimate of drug-likeness (QED) is 0.368. The number of rotatable bonds is 6. The predicted molar refractivity (Wildman–Crippen MR) is 121 cm³/mol. The van der Waals surface area contributed by atoms with Crippen molar-refractivity contribution in [3.05, 3.63) is 96.7 Å². The van der Waals surface area contributed by atoms with Gasteiger partial charge in [-0.05, 0) is 36.4 Å². The normalized spacial score (nSPS) is 10.8. The van der Waals surface area contributed by atoms with Crippen LogP contribution < -0.4 is 10.1 Å². The maximum Gasteiger partial charge on any atom is 0.210 e. The summed E-state index contributed by atoms with van der Waals surface area (Å²) in [5.41, 5.74) is 3.97. The Morgan fingerprint density at radius 3 is 2.53 bits per heavy atom. The molecule has 5 nitrogen and oxygen atoms in total. The Kier molecular flexibility index (Phi) is 5.06. The summed E-state index contributed by atoms with van der Waals surface area (Å²) in [6.07, 6.45) is 1.82. The Balaban J connectivity index is 1.38. The van der Waals surface area contributed by atoms with E-state index in [9.17, 15) is 0 Å². The standard InChI is InChI=1S/C24H18N4OS/c1-2-8-18(9-3-1)26-24-28-27-23(30-24)20-11-5-7-13-22(20)29-16-17-14-15-25-21-12-6-4-10-19(17)21/h1-15H,16H2,(H,26,28). The highest BCUT2D eigenvalue weighted by atomic mass is 32.1. The summed E-state index contributed by atoms with van der Waals surface area (Å²) in [7, 11) is 0. The predicted octanol–water partition coefficient (Wildman–Crippen LogP) is 6.08. The zero-order chi connectivity index (χ0) is 20.2. The fraction of sp³-hybridized carbons (Fsp3) is 0.0417. The largest absolute Gasteiger partial charge is 0.488 e. The van der Waals surface area contributed by atoms with E-state index in [1.165, 1.54) is 11.3 Å². The van der Waals surface area contributed by atoms with Crippen LogP contribution >= 0.6 is 11.3 Å². The molecular formula is C24H18N4OS. The van der Waals surface area contributed by atoms with Crippen molar-refractivity contribution in [1.29, 1.82) is 0 Å². The van der Waals surface area contributed by atoms with Crippen LogP contribution in [-0.4, -0.2) is 15.2 Å². The van der Waals surface area contributed by atoms with E-state index < -0.39 is 0 Å². The SMILES string of the molecule is c1ccc(Nc2nnc(-c3ccccc3OCc3ccnc4ccccc34)s2)cc1. The molecule has 6 heteroatoms. The minimum atomic E-state index is 0.452. The highest BCUT2D eigenvalue weighted by Gasteiger charge is 2.13. The second kappa shape index (κ2) is 8.31. The minimum Gasteiger partial charge on any atom is -0.488 e. The number of ether oxygens (including phenoxy) is 1. The Morgan fingerprint density at radius 1 is 0.800 bits per heavy atom. The molecule has 0 bridgehead atoms. The van der Waals surface area contributed by atoms with Gasteiger partial charge in [-0.15, -0.1) is 10.2 Å². The first-order chi connectivity index (χ1) is 14.9. The van der Waals surface area contributed by atoms with Crippen molar-refractivity contribution < 1.29 is 4.74 Å². The number of nitrogens with one attached hydrogen (secondary N) is 1. The number of anilines is 2. The number of nitrogens with zero attached hydrogens (tertiary/aromatic N) is 3. The summed E-state index contributed by atoms with van der Waals surface area (Å²) in [6.45, 7) is 0.452. The van der Waals surface area contributed by atoms with Crippen molar-refractivity contribution in [1.82, 2.24) is 15.2 Å². The van der Waals surface area contributed by atoms with Gasteiger partial charge in [-0.1, -0.05) is 59.9 Å². The van der Waals surface area contributed by atoms with Gasteiger partial charge in [0.15, 0.2) is 5.01 Å². The van der Waals surface area contributed by atoms with Crippen molar-refractivity contribution in [2.24, 2.45) is 0 Å². The summed E-state index contributed by atoms with van der Waals surface area (Å²) in [6, 6.07) is 27.9. The average molecular weight is 411 g/mol. The number of fused-ring (bicyclic) bond motifs is 1. The number of para-hydroxylation sites is 3. The third kappa shape index (κ3) is 3.86. The lowest BCUT2D eigenvalue weighted by Crippen LogP contribution is -1.98. The first-order valence-corrected chi connectivity index (χ1v) is 10.4. The molecule has 0 unspecified atom stereocenters. The maximum atomic E-state index is 6.20. The van der Waals surface area contributed by atoms with Gasteiger partial charge in [0.25, 0.3) is 0 Å². The van der Waals surface area contributed by atoms with Gasteiger partial charge in [-0.25, -0.2) is 0 Å². The van der Waals surface area contributed by atoms with E-state index in [-0.39, 0.29) is 0 Å². The van der Waals surface area contributed by atoms with Gasteiger partial charge in [0.2, 0.25) is 5.13 Å². The topological polar surface area (TPSA) is 59.9 Å². The van der Waals surface area contributed by atoms with Crippen LogP contribution in [0.2, 0.25) is 0 Å². The number of aromatic nitrogens is 3. The Bertz CT molecular complexity index is 1280. The lowest BCUT2D eigenvalue weighted by Gasteiger charge is -2.11. The first-order valence-electron chi connectivity index (χ1n) is 9.57. The molecule has 2 aromatic heterocycles. The first kappa shape index (κ1) is 18.3. The molecular weight excluding hydrogens is 392 g/mol. The van der Waals surface area contributed by atoms with Crippen molar-refractivity contribution in [2.45, 2.75) is 6.61 Å². The fourth-order valence-electron chi connectivity index (χ4n) is 3.23. The number of pyridine rings is 1. The second-order valence-electron chi connectivity index (χ2n) is 6.68. The fourth-order valence-corrected chi connectivity index (χ4v) is 4.03. The highest BCUT2D eigenvalue weighted by Crippen LogP contribution is 2.35. The van der Waals surface area contributed by atoms with Crippen molar-refractivity contribution in [3.63, 3.8) is 0 Å². The molecule has 146 valence electrons. The van der Waals surface area contributed by atoms with E-state index >= 15 is 0 Å². The van der Waals surface area contributed by atoms with Gasteiger partial charge >= 0.3 is 0 Å². The van der Waals surface area contributed by atoms with E-state index in [4.69, 9.17) is 4.74 Å². The van der Waals surface area contributed by atoms with Crippen LogP contribution in [0.1, 0.15) is 5.56 Å². The number of hydrogen-bond donors (Lipinski definition) is 1. The molecule has 30 heavy (non-hydrogen) atoms. The zero-order valence-corrected chi connectivity index (χ0v) is 16.8. The van der Waals surface area contributed by atoms with Gasteiger partial charge in [0, 0.05) is 22.8 Å². The van der Waals surface area contributed by atoms with Crippen LogP contribution in [0.25, 0.3) is 21.5 Å². The molecule has 0 spiro atoms. The molecule has 0 saturated carbocycles. The van der Waals surface area contributed by atoms with Crippen molar-refractivity contribution in [2.75, 3.05) is 5.32 Å². The molecule has 0 fully saturated rings. The van der Waals surface area contributed by atoms with Crippen LogP contribution in [0, 0.1) is 0 Å². The zero-order valence-electron chi connectivity index (χ0n) is 16.0. The molecule has 3 aromatic carbocycles. The molecule has 0 aliphatic heterocycles. The third-order valence-corrected chi connectivity index (χ3v) is 5.56. The van der Waals surface area contributed by atoms with E-state index in [1.807, 2.05) is 85.1 Å².